The van der Waals surface area contributed by atoms with E-state index in [0.29, 0.717) is 59.3 Å². The lowest BCUT2D eigenvalue weighted by atomic mass is 9.95. The molecule has 0 spiro atoms. The van der Waals surface area contributed by atoms with Crippen LogP contribution in [0.3, 0.4) is 0 Å². The third-order valence-corrected chi connectivity index (χ3v) is 9.86. The summed E-state index contributed by atoms with van der Waals surface area (Å²) >= 11 is 0. The number of nitrogen functional groups attached to an aromatic ring is 1. The maximum atomic E-state index is 14.8. The third-order valence-electron chi connectivity index (χ3n) is 9.86. The van der Waals surface area contributed by atoms with Gasteiger partial charge in [0.05, 0.1) is 24.0 Å². The molecule has 0 radical (unpaired) electrons. The van der Waals surface area contributed by atoms with E-state index in [1.807, 2.05) is 16.7 Å². The summed E-state index contributed by atoms with van der Waals surface area (Å²) in [5.74, 6) is 3.32. The molecule has 42 heavy (non-hydrogen) atoms. The van der Waals surface area contributed by atoms with Gasteiger partial charge in [-0.15, -0.1) is 6.42 Å². The van der Waals surface area contributed by atoms with Crippen LogP contribution in [0, 0.1) is 18.2 Å². The van der Waals surface area contributed by atoms with Gasteiger partial charge in [0.25, 0.3) is 0 Å². The molecule has 10 heteroatoms. The van der Waals surface area contributed by atoms with E-state index >= 15 is 0 Å². The molecule has 4 aliphatic rings. The fraction of sp³-hybridized carbons (Fsp3) is 0.469. The maximum absolute atomic E-state index is 14.8. The van der Waals surface area contributed by atoms with Crippen molar-refractivity contribution in [2.24, 2.45) is 0 Å². The Hall–Kier alpha value is -3.94. The van der Waals surface area contributed by atoms with Crippen molar-refractivity contribution in [2.75, 3.05) is 43.4 Å². The SMILES string of the molecule is C#Cc1c(F)ccc2cc(N)cc(Cn3cnc4c(OCC56CCCN5CCC6)nc(N5C[C@H]6CC[C@@H](C5)N6)nc43)c12. The van der Waals surface area contributed by atoms with Crippen LogP contribution in [0.2, 0.25) is 0 Å². The van der Waals surface area contributed by atoms with Crippen LogP contribution in [0.1, 0.15) is 49.7 Å². The lowest BCUT2D eigenvalue weighted by Gasteiger charge is -2.33. The molecular formula is C32H35FN8O. The number of ether oxygens (including phenoxy) is 1. The van der Waals surface area contributed by atoms with Crippen LogP contribution in [0.5, 0.6) is 5.88 Å². The van der Waals surface area contributed by atoms with Crippen molar-refractivity contribution in [3.05, 3.63) is 47.5 Å². The molecule has 216 valence electrons. The quantitative estimate of drug-likeness (QED) is 0.270. The first-order chi connectivity index (χ1) is 20.5. The van der Waals surface area contributed by atoms with Crippen LogP contribution in [-0.4, -0.2) is 74.8 Å². The van der Waals surface area contributed by atoms with Crippen LogP contribution in [0.25, 0.3) is 21.9 Å². The summed E-state index contributed by atoms with van der Waals surface area (Å²) in [6, 6.07) is 7.68. The molecule has 8 rings (SSSR count). The molecule has 3 N–H and O–H groups in total. The molecule has 0 unspecified atom stereocenters. The van der Waals surface area contributed by atoms with Gasteiger partial charge in [-0.05, 0) is 80.8 Å². The highest BCUT2D eigenvalue weighted by Crippen LogP contribution is 2.40. The van der Waals surface area contributed by atoms with Crippen LogP contribution in [-0.2, 0) is 6.54 Å². The first-order valence-electron chi connectivity index (χ1n) is 15.1. The molecule has 0 saturated carbocycles. The van der Waals surface area contributed by atoms with Gasteiger partial charge in [-0.25, -0.2) is 9.37 Å². The highest BCUT2D eigenvalue weighted by Gasteiger charge is 2.45. The lowest BCUT2D eigenvalue weighted by molar-refractivity contribution is 0.111. The van der Waals surface area contributed by atoms with Crippen molar-refractivity contribution in [3.8, 4) is 18.2 Å². The summed E-state index contributed by atoms with van der Waals surface area (Å²) in [5.41, 5.74) is 9.32. The molecule has 4 saturated heterocycles. The Labute approximate surface area is 244 Å². The number of halogens is 1. The number of piperazine rings is 1. The normalized spacial score (nSPS) is 23.1. The van der Waals surface area contributed by atoms with E-state index in [1.54, 1.807) is 12.4 Å². The highest BCUT2D eigenvalue weighted by molar-refractivity contribution is 5.93. The summed E-state index contributed by atoms with van der Waals surface area (Å²) in [6.07, 6.45) is 14.6. The second kappa shape index (κ2) is 9.82. The van der Waals surface area contributed by atoms with Crippen molar-refractivity contribution < 1.29 is 9.13 Å². The van der Waals surface area contributed by atoms with Crippen LogP contribution >= 0.6 is 0 Å². The van der Waals surface area contributed by atoms with Gasteiger partial charge in [-0.2, -0.15) is 9.97 Å². The number of hydrogen-bond donors (Lipinski definition) is 2. The van der Waals surface area contributed by atoms with Gasteiger partial charge < -0.3 is 25.3 Å². The van der Waals surface area contributed by atoms with Crippen LogP contribution < -0.4 is 20.7 Å². The fourth-order valence-corrected chi connectivity index (χ4v) is 7.89. The Balaban J connectivity index is 1.21. The zero-order valence-electron chi connectivity index (χ0n) is 23.7. The predicted molar refractivity (Wildman–Crippen MR) is 161 cm³/mol. The number of rotatable bonds is 6. The van der Waals surface area contributed by atoms with Crippen molar-refractivity contribution >= 4 is 33.6 Å². The van der Waals surface area contributed by atoms with E-state index in [9.17, 15) is 4.39 Å². The molecule has 2 aromatic heterocycles. The minimum Gasteiger partial charge on any atom is -0.474 e. The molecule has 0 amide bonds. The summed E-state index contributed by atoms with van der Waals surface area (Å²) in [5, 5.41) is 5.18. The average Bonchev–Trinajstić information content (AvgIpc) is 3.75. The second-order valence-corrected chi connectivity index (χ2v) is 12.5. The molecule has 4 aliphatic heterocycles. The smallest absolute Gasteiger partial charge is 0.247 e. The second-order valence-electron chi connectivity index (χ2n) is 12.5. The molecule has 2 atom stereocenters. The molecule has 6 heterocycles. The van der Waals surface area contributed by atoms with Gasteiger partial charge in [-0.1, -0.05) is 12.0 Å². The van der Waals surface area contributed by atoms with Crippen LogP contribution in [0.15, 0.2) is 30.6 Å². The van der Waals surface area contributed by atoms with E-state index in [0.717, 1.165) is 50.0 Å². The summed E-state index contributed by atoms with van der Waals surface area (Å²) in [7, 11) is 0. The van der Waals surface area contributed by atoms with Gasteiger partial charge in [-0.3, -0.25) is 4.90 Å². The Morgan fingerprint density at radius 2 is 1.90 bits per heavy atom. The number of fused-ring (bicyclic) bond motifs is 5. The molecule has 9 nitrogen and oxygen atoms in total. The minimum atomic E-state index is -0.424. The number of aromatic nitrogens is 4. The zero-order chi connectivity index (χ0) is 28.4. The highest BCUT2D eigenvalue weighted by atomic mass is 19.1. The molecule has 4 fully saturated rings. The van der Waals surface area contributed by atoms with E-state index < -0.39 is 5.82 Å². The van der Waals surface area contributed by atoms with Crippen molar-refractivity contribution in [1.29, 1.82) is 0 Å². The molecule has 4 aromatic rings. The number of benzene rings is 2. The molecule has 0 aliphatic carbocycles. The van der Waals surface area contributed by atoms with Gasteiger partial charge in [0, 0.05) is 36.2 Å². The number of imidazole rings is 1. The van der Waals surface area contributed by atoms with Crippen molar-refractivity contribution in [3.63, 3.8) is 0 Å². The van der Waals surface area contributed by atoms with E-state index in [-0.39, 0.29) is 11.1 Å². The monoisotopic (exact) mass is 566 g/mol. The molecular weight excluding hydrogens is 531 g/mol. The maximum Gasteiger partial charge on any atom is 0.247 e. The summed E-state index contributed by atoms with van der Waals surface area (Å²) < 4.78 is 23.4. The van der Waals surface area contributed by atoms with Gasteiger partial charge in [0.2, 0.25) is 11.8 Å². The predicted octanol–water partition coefficient (Wildman–Crippen LogP) is 3.68. The van der Waals surface area contributed by atoms with E-state index in [2.05, 4.69) is 21.0 Å². The first kappa shape index (κ1) is 25.7. The number of hydrogen-bond acceptors (Lipinski definition) is 8. The average molecular weight is 567 g/mol. The lowest BCUT2D eigenvalue weighted by Crippen LogP contribution is -2.51. The summed E-state index contributed by atoms with van der Waals surface area (Å²) in [4.78, 5) is 19.7. The largest absolute Gasteiger partial charge is 0.474 e. The van der Waals surface area contributed by atoms with Crippen molar-refractivity contribution in [2.45, 2.75) is 62.7 Å². The number of nitrogens with two attached hydrogens (primary N) is 1. The topological polar surface area (TPSA) is 97.4 Å². The summed E-state index contributed by atoms with van der Waals surface area (Å²) in [6.45, 7) is 4.97. The van der Waals surface area contributed by atoms with Crippen molar-refractivity contribution in [1.82, 2.24) is 29.7 Å². The Kier molecular flexibility index (Phi) is 6.02. The zero-order valence-corrected chi connectivity index (χ0v) is 23.7. The third kappa shape index (κ3) is 4.17. The Morgan fingerprint density at radius 3 is 2.67 bits per heavy atom. The standard InChI is InChI=1S/C32H35FN8O/c1-2-25-26(33)8-5-20-13-22(34)14-21(27(20)25)15-40-19-35-28-29(40)37-31(39-16-23-6-7-24(17-39)36-23)38-30(28)42-18-32-9-3-11-41(32)12-4-10-32/h1,5,8,13-14,19,23-24,36H,3-4,6-7,9-12,15-18,34H2/t23-,24+. The minimum absolute atomic E-state index is 0.0876. The number of terminal acetylenes is 1. The molecule has 2 aromatic carbocycles. The van der Waals surface area contributed by atoms with Gasteiger partial charge in [0.15, 0.2) is 11.2 Å². The first-order valence-corrected chi connectivity index (χ1v) is 15.1. The molecule has 2 bridgehead atoms. The Morgan fingerprint density at radius 1 is 1.12 bits per heavy atom. The van der Waals surface area contributed by atoms with Crippen LogP contribution in [0.4, 0.5) is 16.0 Å². The Bertz CT molecular complexity index is 1720. The number of anilines is 2. The number of nitrogens with one attached hydrogen (secondary N) is 1. The van der Waals surface area contributed by atoms with E-state index in [4.69, 9.17) is 31.8 Å². The number of nitrogens with zero attached hydrogens (tertiary/aromatic N) is 6. The van der Waals surface area contributed by atoms with E-state index in [1.165, 1.54) is 31.7 Å². The van der Waals surface area contributed by atoms with Gasteiger partial charge in [0.1, 0.15) is 12.4 Å². The fourth-order valence-electron chi connectivity index (χ4n) is 7.89. The van der Waals surface area contributed by atoms with Gasteiger partial charge >= 0.3 is 0 Å².